The van der Waals surface area contributed by atoms with Crippen LogP contribution in [0.5, 0.6) is 0 Å². The van der Waals surface area contributed by atoms with Crippen molar-refractivity contribution in [1.82, 2.24) is 0 Å². The molecule has 2 aliphatic carbocycles. The Hall–Kier alpha value is -1.06. The molecule has 2 rings (SSSR count). The summed E-state index contributed by atoms with van der Waals surface area (Å²) in [6.07, 6.45) is 6.35. The largest absolute Gasteiger partial charge is 0.376 e. The van der Waals surface area contributed by atoms with Crippen LogP contribution in [0.1, 0.15) is 45.4 Å². The lowest BCUT2D eigenvalue weighted by Crippen LogP contribution is -2.62. The molecule has 0 aliphatic heterocycles. The number of hydrogen-bond acceptors (Lipinski definition) is 3. The molecular weight excluding hydrogens is 200 g/mol. The van der Waals surface area contributed by atoms with Gasteiger partial charge < -0.3 is 4.74 Å². The van der Waals surface area contributed by atoms with E-state index in [1.165, 1.54) is 6.42 Å². The average Bonchev–Trinajstić information content (AvgIpc) is 2.32. The van der Waals surface area contributed by atoms with Gasteiger partial charge in [-0.25, -0.2) is 0 Å². The van der Waals surface area contributed by atoms with Gasteiger partial charge in [0, 0.05) is 12.0 Å². The highest BCUT2D eigenvalue weighted by molar-refractivity contribution is 5.32. The van der Waals surface area contributed by atoms with Gasteiger partial charge in [-0.15, -0.1) is 0 Å². The molecule has 2 aliphatic rings. The maximum Gasteiger partial charge on any atom is 0.175 e. The fourth-order valence-corrected chi connectivity index (χ4v) is 3.50. The van der Waals surface area contributed by atoms with Crippen LogP contribution in [-0.2, 0) is 4.74 Å². The summed E-state index contributed by atoms with van der Waals surface area (Å²) in [7, 11) is 0. The predicted octanol–water partition coefficient (Wildman–Crippen LogP) is 2.78. The van der Waals surface area contributed by atoms with E-state index in [0.29, 0.717) is 6.61 Å². The highest BCUT2D eigenvalue weighted by atomic mass is 16.5. The van der Waals surface area contributed by atoms with Gasteiger partial charge in [0.15, 0.2) is 5.41 Å². The zero-order valence-corrected chi connectivity index (χ0v) is 9.83. The number of ether oxygens (including phenoxy) is 1. The highest BCUT2D eigenvalue weighted by Gasteiger charge is 2.67. The van der Waals surface area contributed by atoms with Crippen molar-refractivity contribution in [2.45, 2.75) is 51.6 Å². The molecule has 0 aromatic heterocycles. The summed E-state index contributed by atoms with van der Waals surface area (Å²) in [5, 5.41) is 18.8. The molecule has 0 aromatic rings. The van der Waals surface area contributed by atoms with Crippen molar-refractivity contribution in [3.63, 3.8) is 0 Å². The first-order valence-corrected chi connectivity index (χ1v) is 6.19. The van der Waals surface area contributed by atoms with E-state index in [9.17, 15) is 10.5 Å². The Morgan fingerprint density at radius 3 is 2.31 bits per heavy atom. The average molecular weight is 218 g/mol. The molecule has 0 unspecified atom stereocenters. The van der Waals surface area contributed by atoms with Gasteiger partial charge in [0.25, 0.3) is 0 Å². The van der Waals surface area contributed by atoms with Crippen LogP contribution in [0.4, 0.5) is 0 Å². The van der Waals surface area contributed by atoms with Gasteiger partial charge in [-0.3, -0.25) is 0 Å². The lowest BCUT2D eigenvalue weighted by molar-refractivity contribution is -0.168. The first-order chi connectivity index (χ1) is 7.74. The predicted molar refractivity (Wildman–Crippen MR) is 59.2 cm³/mol. The fraction of sp³-hybridized carbons (Fsp3) is 0.846. The van der Waals surface area contributed by atoms with E-state index >= 15 is 0 Å². The molecule has 1 atom stereocenters. The molecule has 0 bridgehead atoms. The van der Waals surface area contributed by atoms with Gasteiger partial charge in [0.2, 0.25) is 0 Å². The molecule has 0 aromatic carbocycles. The van der Waals surface area contributed by atoms with Crippen LogP contribution in [0.2, 0.25) is 0 Å². The molecule has 0 heterocycles. The first-order valence-electron chi connectivity index (χ1n) is 6.19. The second-order valence-electron chi connectivity index (χ2n) is 5.02. The summed E-state index contributed by atoms with van der Waals surface area (Å²) in [6.45, 7) is 2.51. The normalized spacial score (nSPS) is 30.1. The van der Waals surface area contributed by atoms with E-state index < -0.39 is 5.41 Å². The lowest BCUT2D eigenvalue weighted by Gasteiger charge is -2.58. The minimum Gasteiger partial charge on any atom is -0.376 e. The third-order valence-electron chi connectivity index (χ3n) is 4.43. The lowest BCUT2D eigenvalue weighted by atomic mass is 9.44. The van der Waals surface area contributed by atoms with Gasteiger partial charge in [0.05, 0.1) is 18.2 Å². The molecule has 0 amide bonds. The summed E-state index contributed by atoms with van der Waals surface area (Å²) in [4.78, 5) is 0. The molecule has 3 heteroatoms. The van der Waals surface area contributed by atoms with E-state index in [4.69, 9.17) is 4.74 Å². The van der Waals surface area contributed by atoms with Gasteiger partial charge >= 0.3 is 0 Å². The van der Waals surface area contributed by atoms with Crippen LogP contribution < -0.4 is 0 Å². The number of nitrogens with zero attached hydrogens (tertiary/aromatic N) is 2. The van der Waals surface area contributed by atoms with Crippen LogP contribution in [0, 0.1) is 33.5 Å². The molecule has 1 spiro atoms. The summed E-state index contributed by atoms with van der Waals surface area (Å²) >= 11 is 0. The summed E-state index contributed by atoms with van der Waals surface area (Å²) in [6, 6.07) is 4.55. The van der Waals surface area contributed by atoms with Gasteiger partial charge in [-0.1, -0.05) is 19.3 Å². The molecular formula is C13H18N2O. The van der Waals surface area contributed by atoms with Crippen molar-refractivity contribution in [3.8, 4) is 12.1 Å². The number of hydrogen-bond donors (Lipinski definition) is 0. The van der Waals surface area contributed by atoms with Crippen LogP contribution in [0.25, 0.3) is 0 Å². The van der Waals surface area contributed by atoms with E-state index in [-0.39, 0.29) is 11.5 Å². The standard InChI is InChI=1S/C13H18N2O/c1-2-16-11-8-12(6-4-3-5-7-12)13(11,9-14)10-15/h11H,2-8H2,1H3/t11-/m1/s1. The zero-order chi connectivity index (χ0) is 11.6. The minimum absolute atomic E-state index is 0.0609. The molecule has 16 heavy (non-hydrogen) atoms. The van der Waals surface area contributed by atoms with E-state index in [1.54, 1.807) is 0 Å². The number of nitriles is 2. The Morgan fingerprint density at radius 2 is 1.81 bits per heavy atom. The molecule has 3 nitrogen and oxygen atoms in total. The van der Waals surface area contributed by atoms with Crippen molar-refractivity contribution in [3.05, 3.63) is 0 Å². The van der Waals surface area contributed by atoms with E-state index in [2.05, 4.69) is 12.1 Å². The molecule has 86 valence electrons. The molecule has 0 radical (unpaired) electrons. The van der Waals surface area contributed by atoms with Gasteiger partial charge in [0.1, 0.15) is 0 Å². The van der Waals surface area contributed by atoms with E-state index in [0.717, 1.165) is 32.1 Å². The zero-order valence-electron chi connectivity index (χ0n) is 9.83. The molecule has 2 saturated carbocycles. The molecule has 0 saturated heterocycles. The topological polar surface area (TPSA) is 56.8 Å². The third kappa shape index (κ3) is 1.28. The summed E-state index contributed by atoms with van der Waals surface area (Å²) in [5.41, 5.74) is -0.933. The SMILES string of the molecule is CCO[C@@H]1CC2(CCCCC2)C1(C#N)C#N. The smallest absolute Gasteiger partial charge is 0.175 e. The van der Waals surface area contributed by atoms with Gasteiger partial charge in [-0.05, 0) is 26.2 Å². The Morgan fingerprint density at radius 1 is 1.19 bits per heavy atom. The third-order valence-corrected chi connectivity index (χ3v) is 4.43. The van der Waals surface area contributed by atoms with Crippen LogP contribution in [0.15, 0.2) is 0 Å². The maximum atomic E-state index is 9.40. The van der Waals surface area contributed by atoms with Crippen molar-refractivity contribution >= 4 is 0 Å². The maximum absolute atomic E-state index is 9.40. The Bertz CT molecular complexity index is 330. The molecule has 2 fully saturated rings. The Kier molecular flexibility index (Phi) is 2.91. The number of rotatable bonds is 2. The monoisotopic (exact) mass is 218 g/mol. The van der Waals surface area contributed by atoms with Crippen molar-refractivity contribution in [2.24, 2.45) is 10.8 Å². The minimum atomic E-state index is -0.872. The Balaban J connectivity index is 2.24. The Labute approximate surface area is 97.0 Å². The highest BCUT2D eigenvalue weighted by Crippen LogP contribution is 2.64. The van der Waals surface area contributed by atoms with Crippen molar-refractivity contribution in [1.29, 1.82) is 10.5 Å². The summed E-state index contributed by atoms with van der Waals surface area (Å²) in [5.74, 6) is 0. The van der Waals surface area contributed by atoms with Crippen molar-refractivity contribution < 1.29 is 4.74 Å². The van der Waals surface area contributed by atoms with Crippen molar-refractivity contribution in [2.75, 3.05) is 6.61 Å². The quantitative estimate of drug-likeness (QED) is 0.716. The van der Waals surface area contributed by atoms with Gasteiger partial charge in [-0.2, -0.15) is 10.5 Å². The molecule has 0 N–H and O–H groups in total. The second kappa shape index (κ2) is 4.07. The van der Waals surface area contributed by atoms with Crippen LogP contribution in [-0.4, -0.2) is 12.7 Å². The second-order valence-corrected chi connectivity index (χ2v) is 5.02. The van der Waals surface area contributed by atoms with Crippen LogP contribution >= 0.6 is 0 Å². The van der Waals surface area contributed by atoms with Crippen LogP contribution in [0.3, 0.4) is 0 Å². The summed E-state index contributed by atoms with van der Waals surface area (Å²) < 4.78 is 5.56. The van der Waals surface area contributed by atoms with E-state index in [1.807, 2.05) is 6.92 Å². The fourth-order valence-electron chi connectivity index (χ4n) is 3.50. The first kappa shape index (κ1) is 11.4.